The van der Waals surface area contributed by atoms with Crippen LogP contribution in [0.1, 0.15) is 36.8 Å². The molecule has 1 amide bonds. The molecule has 1 aliphatic heterocycles. The molecule has 2 heterocycles. The van der Waals surface area contributed by atoms with Crippen molar-refractivity contribution in [3.05, 3.63) is 95.9 Å². The lowest BCUT2D eigenvalue weighted by Crippen LogP contribution is -2.51. The second-order valence-electron chi connectivity index (χ2n) is 8.02. The maximum absolute atomic E-state index is 13.5. The summed E-state index contributed by atoms with van der Waals surface area (Å²) in [5.41, 5.74) is 0.816. The van der Waals surface area contributed by atoms with Crippen LogP contribution in [0.15, 0.2) is 83.5 Å². The van der Waals surface area contributed by atoms with Crippen molar-refractivity contribution in [3.8, 4) is 0 Å². The molecule has 6 heteroatoms. The summed E-state index contributed by atoms with van der Waals surface area (Å²) in [6.45, 7) is 4.16. The molecule has 0 saturated carbocycles. The maximum atomic E-state index is 13.5. The Balaban J connectivity index is 1.88. The van der Waals surface area contributed by atoms with Crippen LogP contribution in [0.3, 0.4) is 0 Å². The number of furan rings is 1. The second-order valence-corrected chi connectivity index (χ2v) is 8.97. The van der Waals surface area contributed by atoms with E-state index in [1.54, 1.807) is 17.0 Å². The Morgan fingerprint density at radius 1 is 0.968 bits per heavy atom. The summed E-state index contributed by atoms with van der Waals surface area (Å²) in [6, 6.07) is 22.8. The molecule has 3 aromatic rings. The molecule has 2 aromatic carbocycles. The van der Waals surface area contributed by atoms with Crippen molar-refractivity contribution < 1.29 is 19.1 Å². The smallest absolute Gasteiger partial charge is 0.412 e. The van der Waals surface area contributed by atoms with Crippen molar-refractivity contribution in [3.63, 3.8) is 0 Å². The molecule has 1 aliphatic rings. The minimum absolute atomic E-state index is 0.0466. The number of benzene rings is 2. The standard InChI is InChI=1S/C25H27NO4S/c1-17(2)22-25(18-11-6-4-7-12-18,19-13-8-5-9-14-19)30-24(28)26(22)23(31-3)21(27)20-15-10-16-29-20/h4-17,21-23,27H,1-3H3/t21-,22-,23-/m0/s1. The zero-order chi connectivity index (χ0) is 22.0. The molecular formula is C25H27NO4S. The van der Waals surface area contributed by atoms with Crippen molar-refractivity contribution in [2.75, 3.05) is 6.26 Å². The average Bonchev–Trinajstić information content (AvgIpc) is 3.43. The van der Waals surface area contributed by atoms with Crippen LogP contribution < -0.4 is 0 Å². The topological polar surface area (TPSA) is 62.9 Å². The van der Waals surface area contributed by atoms with Gasteiger partial charge in [-0.15, -0.1) is 11.8 Å². The molecule has 5 nitrogen and oxygen atoms in total. The zero-order valence-electron chi connectivity index (χ0n) is 17.8. The van der Waals surface area contributed by atoms with E-state index >= 15 is 0 Å². The van der Waals surface area contributed by atoms with E-state index in [2.05, 4.69) is 13.8 Å². The van der Waals surface area contributed by atoms with Crippen LogP contribution in [0.2, 0.25) is 0 Å². The fourth-order valence-corrected chi connectivity index (χ4v) is 5.44. The number of aliphatic hydroxyl groups excluding tert-OH is 1. The number of thioether (sulfide) groups is 1. The lowest BCUT2D eigenvalue weighted by molar-refractivity contribution is 0.0447. The first-order valence-corrected chi connectivity index (χ1v) is 11.7. The molecule has 1 N–H and O–H groups in total. The number of hydrogen-bond acceptors (Lipinski definition) is 5. The quantitative estimate of drug-likeness (QED) is 0.535. The number of amides is 1. The molecule has 0 unspecified atom stereocenters. The van der Waals surface area contributed by atoms with Gasteiger partial charge < -0.3 is 14.3 Å². The van der Waals surface area contributed by atoms with E-state index in [1.165, 1.54) is 18.0 Å². The Bertz CT molecular complexity index is 951. The largest absolute Gasteiger partial charge is 0.466 e. The third-order valence-corrected chi connectivity index (χ3v) is 6.80. The fourth-order valence-electron chi connectivity index (χ4n) is 4.61. The molecule has 1 fully saturated rings. The number of cyclic esters (lactones) is 1. The Morgan fingerprint density at radius 2 is 1.55 bits per heavy atom. The molecule has 0 radical (unpaired) electrons. The van der Waals surface area contributed by atoms with Gasteiger partial charge in [0.15, 0.2) is 5.60 Å². The van der Waals surface area contributed by atoms with Gasteiger partial charge in [0, 0.05) is 11.1 Å². The van der Waals surface area contributed by atoms with Crippen LogP contribution in [0, 0.1) is 5.92 Å². The third-order valence-electron chi connectivity index (χ3n) is 5.83. The second kappa shape index (κ2) is 8.81. The van der Waals surface area contributed by atoms with E-state index in [4.69, 9.17) is 9.15 Å². The molecule has 162 valence electrons. The summed E-state index contributed by atoms with van der Waals surface area (Å²) in [4.78, 5) is 15.2. The molecule has 0 spiro atoms. The van der Waals surface area contributed by atoms with E-state index in [9.17, 15) is 9.90 Å². The maximum Gasteiger partial charge on any atom is 0.412 e. The first kappa shape index (κ1) is 21.5. The van der Waals surface area contributed by atoms with Gasteiger partial charge in [-0.3, -0.25) is 4.90 Å². The number of hydrogen-bond donors (Lipinski definition) is 1. The number of carbonyl (C=O) groups excluding carboxylic acids is 1. The summed E-state index contributed by atoms with van der Waals surface area (Å²) in [6.07, 6.45) is 1.97. The lowest BCUT2D eigenvalue weighted by atomic mass is 9.75. The average molecular weight is 438 g/mol. The van der Waals surface area contributed by atoms with Gasteiger partial charge in [0.25, 0.3) is 0 Å². The highest BCUT2D eigenvalue weighted by Crippen LogP contribution is 2.50. The summed E-state index contributed by atoms with van der Waals surface area (Å²) < 4.78 is 11.7. The van der Waals surface area contributed by atoms with Gasteiger partial charge in [0.05, 0.1) is 12.3 Å². The monoisotopic (exact) mass is 437 g/mol. The van der Waals surface area contributed by atoms with Crippen LogP contribution in [0.4, 0.5) is 4.79 Å². The van der Waals surface area contributed by atoms with E-state index in [0.29, 0.717) is 5.76 Å². The summed E-state index contributed by atoms with van der Waals surface area (Å²) in [5.74, 6) is 0.469. The predicted octanol–water partition coefficient (Wildman–Crippen LogP) is 5.42. The zero-order valence-corrected chi connectivity index (χ0v) is 18.7. The molecule has 0 aliphatic carbocycles. The van der Waals surface area contributed by atoms with E-state index in [1.807, 2.05) is 66.9 Å². The normalized spacial score (nSPS) is 20.0. The first-order chi connectivity index (χ1) is 15.0. The van der Waals surface area contributed by atoms with Gasteiger partial charge in [0.1, 0.15) is 17.2 Å². The van der Waals surface area contributed by atoms with Crippen LogP contribution in [0.5, 0.6) is 0 Å². The third kappa shape index (κ3) is 3.64. The lowest BCUT2D eigenvalue weighted by Gasteiger charge is -2.40. The van der Waals surface area contributed by atoms with Gasteiger partial charge >= 0.3 is 6.09 Å². The van der Waals surface area contributed by atoms with E-state index < -0.39 is 23.2 Å². The molecule has 0 bridgehead atoms. The molecule has 3 atom stereocenters. The number of carbonyl (C=O) groups is 1. The Labute approximate surface area is 187 Å². The molecule has 1 aromatic heterocycles. The number of aliphatic hydroxyl groups is 1. The van der Waals surface area contributed by atoms with Gasteiger partial charge in [-0.2, -0.15) is 0 Å². The highest BCUT2D eigenvalue weighted by Gasteiger charge is 2.59. The number of nitrogens with zero attached hydrogens (tertiary/aromatic N) is 1. The molecular weight excluding hydrogens is 410 g/mol. The Hall–Kier alpha value is -2.70. The minimum Gasteiger partial charge on any atom is -0.466 e. The van der Waals surface area contributed by atoms with Gasteiger partial charge in [-0.1, -0.05) is 74.5 Å². The molecule has 1 saturated heterocycles. The van der Waals surface area contributed by atoms with E-state index in [0.717, 1.165) is 11.1 Å². The van der Waals surface area contributed by atoms with Crippen LogP contribution in [0.25, 0.3) is 0 Å². The van der Waals surface area contributed by atoms with Gasteiger partial charge in [0.2, 0.25) is 0 Å². The summed E-state index contributed by atoms with van der Waals surface area (Å²) in [7, 11) is 0. The van der Waals surface area contributed by atoms with Crippen molar-refractivity contribution in [1.82, 2.24) is 4.90 Å². The Kier molecular flexibility index (Phi) is 6.12. The van der Waals surface area contributed by atoms with Crippen molar-refractivity contribution >= 4 is 17.9 Å². The minimum atomic E-state index is -0.995. The van der Waals surface area contributed by atoms with Crippen molar-refractivity contribution in [1.29, 1.82) is 0 Å². The van der Waals surface area contributed by atoms with Crippen molar-refractivity contribution in [2.24, 2.45) is 5.92 Å². The van der Waals surface area contributed by atoms with Crippen LogP contribution in [-0.2, 0) is 10.3 Å². The summed E-state index contributed by atoms with van der Waals surface area (Å²) >= 11 is 1.40. The number of rotatable bonds is 7. The van der Waals surface area contributed by atoms with Crippen LogP contribution in [-0.4, -0.2) is 33.8 Å². The van der Waals surface area contributed by atoms with Crippen molar-refractivity contribution in [2.45, 2.75) is 37.0 Å². The predicted molar refractivity (Wildman–Crippen MR) is 122 cm³/mol. The molecule has 31 heavy (non-hydrogen) atoms. The highest BCUT2D eigenvalue weighted by molar-refractivity contribution is 7.99. The van der Waals surface area contributed by atoms with Gasteiger partial charge in [-0.05, 0) is 24.3 Å². The summed E-state index contributed by atoms with van der Waals surface area (Å²) in [5, 5.41) is 10.5. The fraction of sp³-hybridized carbons (Fsp3) is 0.320. The highest BCUT2D eigenvalue weighted by atomic mass is 32.2. The first-order valence-electron chi connectivity index (χ1n) is 10.4. The SMILES string of the molecule is CS[C@@H]([C@@H](O)c1ccco1)N1C(=O)OC(c2ccccc2)(c2ccccc2)[C@@H]1C(C)C. The molecule has 4 rings (SSSR count). The number of ether oxygens (including phenoxy) is 1. The van der Waals surface area contributed by atoms with Crippen LogP contribution >= 0.6 is 11.8 Å². The van der Waals surface area contributed by atoms with E-state index in [-0.39, 0.29) is 12.0 Å². The Morgan fingerprint density at radius 3 is 2.00 bits per heavy atom. The van der Waals surface area contributed by atoms with Gasteiger partial charge in [-0.25, -0.2) is 4.79 Å².